The van der Waals surface area contributed by atoms with E-state index in [1.54, 1.807) is 13.8 Å². The molecule has 9 heteroatoms. The summed E-state index contributed by atoms with van der Waals surface area (Å²) < 4.78 is 52.6. The number of carbonyl (C=O) groups excluding carboxylic acids is 2. The average molecular weight is 417 g/mol. The van der Waals surface area contributed by atoms with E-state index in [1.807, 2.05) is 0 Å². The SMILES string of the molecule is CC(C)C(NC(=O)c1ccccc1F)C(=O)Nc1ccc(Cl)c(C(F)(F)F)c1. The van der Waals surface area contributed by atoms with Crippen molar-refractivity contribution in [2.24, 2.45) is 5.92 Å². The summed E-state index contributed by atoms with van der Waals surface area (Å²) in [6.45, 7) is 3.27. The Labute approximate surface area is 163 Å². The third-order valence-electron chi connectivity index (χ3n) is 3.89. The predicted octanol–water partition coefficient (Wildman–Crippen LogP) is 4.89. The van der Waals surface area contributed by atoms with Crippen LogP contribution in [0.5, 0.6) is 0 Å². The highest BCUT2D eigenvalue weighted by molar-refractivity contribution is 6.31. The van der Waals surface area contributed by atoms with Gasteiger partial charge in [0.25, 0.3) is 5.91 Å². The summed E-state index contributed by atoms with van der Waals surface area (Å²) in [5, 5.41) is 4.24. The lowest BCUT2D eigenvalue weighted by Gasteiger charge is -2.22. The van der Waals surface area contributed by atoms with E-state index in [-0.39, 0.29) is 11.3 Å². The Morgan fingerprint density at radius 3 is 2.29 bits per heavy atom. The molecule has 28 heavy (non-hydrogen) atoms. The highest BCUT2D eigenvalue weighted by Gasteiger charge is 2.34. The van der Waals surface area contributed by atoms with Crippen LogP contribution in [0, 0.1) is 11.7 Å². The molecule has 4 nitrogen and oxygen atoms in total. The number of hydrogen-bond donors (Lipinski definition) is 2. The van der Waals surface area contributed by atoms with Gasteiger partial charge in [-0.3, -0.25) is 9.59 Å². The first-order valence-corrected chi connectivity index (χ1v) is 8.61. The Kier molecular flexibility index (Phi) is 6.66. The van der Waals surface area contributed by atoms with Crippen molar-refractivity contribution < 1.29 is 27.2 Å². The number of halogens is 5. The molecule has 0 saturated heterocycles. The van der Waals surface area contributed by atoms with Crippen molar-refractivity contribution in [1.29, 1.82) is 0 Å². The molecule has 0 aliphatic heterocycles. The van der Waals surface area contributed by atoms with Gasteiger partial charge in [0.15, 0.2) is 0 Å². The van der Waals surface area contributed by atoms with E-state index < -0.39 is 46.4 Å². The molecule has 0 spiro atoms. The van der Waals surface area contributed by atoms with Crippen LogP contribution in [0.2, 0.25) is 5.02 Å². The van der Waals surface area contributed by atoms with Gasteiger partial charge in [0.05, 0.1) is 16.1 Å². The van der Waals surface area contributed by atoms with E-state index >= 15 is 0 Å². The second-order valence-electron chi connectivity index (χ2n) is 6.36. The van der Waals surface area contributed by atoms with Crippen LogP contribution < -0.4 is 10.6 Å². The number of carbonyl (C=O) groups is 2. The average Bonchev–Trinajstić information content (AvgIpc) is 2.60. The van der Waals surface area contributed by atoms with Crippen molar-refractivity contribution in [3.8, 4) is 0 Å². The van der Waals surface area contributed by atoms with Gasteiger partial charge in [-0.05, 0) is 36.2 Å². The molecule has 1 unspecified atom stereocenters. The van der Waals surface area contributed by atoms with Crippen LogP contribution in [-0.4, -0.2) is 17.9 Å². The van der Waals surface area contributed by atoms with Gasteiger partial charge in [-0.15, -0.1) is 0 Å². The number of nitrogens with one attached hydrogen (secondary N) is 2. The van der Waals surface area contributed by atoms with Gasteiger partial charge < -0.3 is 10.6 Å². The Morgan fingerprint density at radius 2 is 1.71 bits per heavy atom. The molecule has 2 amide bonds. The molecule has 0 aliphatic rings. The molecule has 0 radical (unpaired) electrons. The maximum Gasteiger partial charge on any atom is 0.417 e. The maximum absolute atomic E-state index is 13.8. The fourth-order valence-electron chi connectivity index (χ4n) is 2.44. The smallest absolute Gasteiger partial charge is 0.340 e. The summed E-state index contributed by atoms with van der Waals surface area (Å²) in [5.74, 6) is -2.71. The molecule has 0 aromatic heterocycles. The summed E-state index contributed by atoms with van der Waals surface area (Å²) >= 11 is 5.56. The number of anilines is 1. The number of rotatable bonds is 5. The fourth-order valence-corrected chi connectivity index (χ4v) is 2.66. The van der Waals surface area contributed by atoms with Crippen molar-refractivity contribution >= 4 is 29.1 Å². The Bertz CT molecular complexity index is 884. The summed E-state index contributed by atoms with van der Waals surface area (Å²) in [4.78, 5) is 24.8. The highest BCUT2D eigenvalue weighted by atomic mass is 35.5. The molecule has 0 aliphatic carbocycles. The van der Waals surface area contributed by atoms with E-state index in [0.29, 0.717) is 6.07 Å². The molecule has 2 rings (SSSR count). The van der Waals surface area contributed by atoms with E-state index in [4.69, 9.17) is 11.6 Å². The molecular formula is C19H17ClF4N2O2. The van der Waals surface area contributed by atoms with Gasteiger partial charge in [0, 0.05) is 5.69 Å². The Balaban J connectivity index is 2.20. The molecular weight excluding hydrogens is 400 g/mol. The highest BCUT2D eigenvalue weighted by Crippen LogP contribution is 2.36. The fraction of sp³-hybridized carbons (Fsp3) is 0.263. The first-order chi connectivity index (χ1) is 13.0. The van der Waals surface area contributed by atoms with Crippen molar-refractivity contribution in [3.63, 3.8) is 0 Å². The van der Waals surface area contributed by atoms with Gasteiger partial charge in [-0.2, -0.15) is 13.2 Å². The van der Waals surface area contributed by atoms with Crippen LogP contribution in [0.4, 0.5) is 23.2 Å². The molecule has 0 fully saturated rings. The quantitative estimate of drug-likeness (QED) is 0.682. The zero-order valence-electron chi connectivity index (χ0n) is 14.9. The summed E-state index contributed by atoms with van der Waals surface area (Å²) in [6.07, 6.45) is -4.69. The van der Waals surface area contributed by atoms with Crippen molar-refractivity contribution in [1.82, 2.24) is 5.32 Å². The lowest BCUT2D eigenvalue weighted by molar-refractivity contribution is -0.137. The molecule has 2 aromatic rings. The van der Waals surface area contributed by atoms with E-state index in [2.05, 4.69) is 10.6 Å². The van der Waals surface area contributed by atoms with Crippen molar-refractivity contribution in [2.75, 3.05) is 5.32 Å². The monoisotopic (exact) mass is 416 g/mol. The zero-order valence-corrected chi connectivity index (χ0v) is 15.7. The molecule has 150 valence electrons. The standard InChI is InChI=1S/C19H17ClF4N2O2/c1-10(2)16(26-17(27)12-5-3-4-6-15(12)21)18(28)25-11-7-8-14(20)13(9-11)19(22,23)24/h3-10,16H,1-2H3,(H,25,28)(H,26,27). The molecule has 0 saturated carbocycles. The van der Waals surface area contributed by atoms with Gasteiger partial charge in [0.2, 0.25) is 5.91 Å². The first-order valence-electron chi connectivity index (χ1n) is 8.23. The summed E-state index contributed by atoms with van der Waals surface area (Å²) in [6, 6.07) is 7.08. The molecule has 0 heterocycles. The van der Waals surface area contributed by atoms with Gasteiger partial charge in [0.1, 0.15) is 11.9 Å². The first kappa shape index (κ1) is 21.7. The van der Waals surface area contributed by atoms with Gasteiger partial charge >= 0.3 is 6.18 Å². The van der Waals surface area contributed by atoms with Crippen LogP contribution >= 0.6 is 11.6 Å². The summed E-state index contributed by atoms with van der Waals surface area (Å²) in [7, 11) is 0. The lowest BCUT2D eigenvalue weighted by atomic mass is 10.0. The number of benzene rings is 2. The number of alkyl halides is 3. The minimum absolute atomic E-state index is 0.132. The number of hydrogen-bond acceptors (Lipinski definition) is 2. The molecule has 2 aromatic carbocycles. The molecule has 0 bridgehead atoms. The second-order valence-corrected chi connectivity index (χ2v) is 6.76. The normalized spacial score (nSPS) is 12.6. The van der Waals surface area contributed by atoms with Gasteiger partial charge in [-0.25, -0.2) is 4.39 Å². The largest absolute Gasteiger partial charge is 0.417 e. The minimum atomic E-state index is -4.69. The lowest BCUT2D eigenvalue weighted by Crippen LogP contribution is -2.47. The third-order valence-corrected chi connectivity index (χ3v) is 4.22. The zero-order chi connectivity index (χ0) is 21.1. The van der Waals surface area contributed by atoms with E-state index in [0.717, 1.165) is 12.1 Å². The van der Waals surface area contributed by atoms with Gasteiger partial charge in [-0.1, -0.05) is 37.6 Å². The van der Waals surface area contributed by atoms with Crippen molar-refractivity contribution in [2.45, 2.75) is 26.1 Å². The summed E-state index contributed by atoms with van der Waals surface area (Å²) in [5.41, 5.74) is -1.47. The van der Waals surface area contributed by atoms with E-state index in [1.165, 1.54) is 24.3 Å². The number of amides is 2. The topological polar surface area (TPSA) is 58.2 Å². The van der Waals surface area contributed by atoms with Crippen LogP contribution in [0.3, 0.4) is 0 Å². The van der Waals surface area contributed by atoms with Crippen LogP contribution in [0.1, 0.15) is 29.8 Å². The Hall–Kier alpha value is -2.61. The van der Waals surface area contributed by atoms with Crippen LogP contribution in [0.25, 0.3) is 0 Å². The third kappa shape index (κ3) is 5.22. The maximum atomic E-state index is 13.8. The minimum Gasteiger partial charge on any atom is -0.340 e. The van der Waals surface area contributed by atoms with Crippen LogP contribution in [0.15, 0.2) is 42.5 Å². The van der Waals surface area contributed by atoms with Crippen molar-refractivity contribution in [3.05, 3.63) is 64.4 Å². The molecule has 1 atom stereocenters. The van der Waals surface area contributed by atoms with Crippen LogP contribution in [-0.2, 0) is 11.0 Å². The Morgan fingerprint density at radius 1 is 1.07 bits per heavy atom. The second kappa shape index (κ2) is 8.60. The van der Waals surface area contributed by atoms with E-state index in [9.17, 15) is 27.2 Å². The predicted molar refractivity (Wildman–Crippen MR) is 97.6 cm³/mol. The molecule has 2 N–H and O–H groups in total.